The first-order chi connectivity index (χ1) is 5.72. The van der Waals surface area contributed by atoms with Crippen LogP contribution in [0.15, 0.2) is 6.20 Å². The van der Waals surface area contributed by atoms with Gasteiger partial charge in [0.05, 0.1) is 5.69 Å². The number of aromatic nitrogens is 3. The normalized spacial score (nSPS) is 13.2. The van der Waals surface area contributed by atoms with Gasteiger partial charge in [0.15, 0.2) is 0 Å². The first kappa shape index (κ1) is 9.19. The second-order valence-corrected chi connectivity index (χ2v) is 3.26. The van der Waals surface area contributed by atoms with Crippen molar-refractivity contribution in [2.75, 3.05) is 6.54 Å². The van der Waals surface area contributed by atoms with Crippen LogP contribution in [0, 0.1) is 5.92 Å². The molecule has 4 nitrogen and oxygen atoms in total. The predicted octanol–water partition coefficient (Wildman–Crippen LogP) is 0.342. The summed E-state index contributed by atoms with van der Waals surface area (Å²) in [7, 11) is 1.88. The van der Waals surface area contributed by atoms with Gasteiger partial charge in [-0.25, -0.2) is 0 Å². The standard InChI is InChI=1S/C8H16N4/c1-7(5-9)3-4-8-6-12(2)11-10-8/h6-7H,3-5,9H2,1-2H3. The molecular weight excluding hydrogens is 152 g/mol. The van der Waals surface area contributed by atoms with E-state index < -0.39 is 0 Å². The fourth-order valence-corrected chi connectivity index (χ4v) is 1.02. The van der Waals surface area contributed by atoms with Gasteiger partial charge in [0.1, 0.15) is 0 Å². The van der Waals surface area contributed by atoms with E-state index in [1.165, 1.54) is 0 Å². The Labute approximate surface area is 72.8 Å². The van der Waals surface area contributed by atoms with Crippen molar-refractivity contribution in [1.29, 1.82) is 0 Å². The van der Waals surface area contributed by atoms with Crippen LogP contribution in [0.2, 0.25) is 0 Å². The van der Waals surface area contributed by atoms with Crippen molar-refractivity contribution >= 4 is 0 Å². The maximum atomic E-state index is 5.50. The Hall–Kier alpha value is -0.900. The third kappa shape index (κ3) is 2.62. The van der Waals surface area contributed by atoms with Crippen LogP contribution in [0.4, 0.5) is 0 Å². The van der Waals surface area contributed by atoms with Crippen molar-refractivity contribution in [2.45, 2.75) is 19.8 Å². The molecule has 0 saturated heterocycles. The monoisotopic (exact) mass is 168 g/mol. The summed E-state index contributed by atoms with van der Waals surface area (Å²) in [6.07, 6.45) is 4.02. The highest BCUT2D eigenvalue weighted by Gasteiger charge is 2.02. The molecular formula is C8H16N4. The first-order valence-corrected chi connectivity index (χ1v) is 4.27. The van der Waals surface area contributed by atoms with Crippen LogP contribution in [0.1, 0.15) is 19.0 Å². The Bertz CT molecular complexity index is 231. The smallest absolute Gasteiger partial charge is 0.0827 e. The average molecular weight is 168 g/mol. The number of hydrogen-bond donors (Lipinski definition) is 1. The van der Waals surface area contributed by atoms with Gasteiger partial charge < -0.3 is 5.73 Å². The Morgan fingerprint density at radius 2 is 2.42 bits per heavy atom. The lowest BCUT2D eigenvalue weighted by molar-refractivity contribution is 0.540. The largest absolute Gasteiger partial charge is 0.330 e. The topological polar surface area (TPSA) is 56.7 Å². The molecule has 0 aliphatic carbocycles. The molecule has 0 aliphatic rings. The molecule has 2 N–H and O–H groups in total. The Balaban J connectivity index is 2.33. The lowest BCUT2D eigenvalue weighted by atomic mass is 10.1. The summed E-state index contributed by atoms with van der Waals surface area (Å²) in [4.78, 5) is 0. The number of hydrogen-bond acceptors (Lipinski definition) is 3. The minimum atomic E-state index is 0.576. The highest BCUT2D eigenvalue weighted by Crippen LogP contribution is 2.04. The summed E-state index contributed by atoms with van der Waals surface area (Å²) in [6, 6.07) is 0. The van der Waals surface area contributed by atoms with Gasteiger partial charge in [-0.15, -0.1) is 5.10 Å². The van der Waals surface area contributed by atoms with E-state index in [-0.39, 0.29) is 0 Å². The number of aryl methyl sites for hydroxylation is 2. The Morgan fingerprint density at radius 3 is 2.92 bits per heavy atom. The van der Waals surface area contributed by atoms with Crippen molar-refractivity contribution in [3.05, 3.63) is 11.9 Å². The van der Waals surface area contributed by atoms with E-state index in [4.69, 9.17) is 5.73 Å². The summed E-state index contributed by atoms with van der Waals surface area (Å²) in [6.45, 7) is 2.90. The maximum Gasteiger partial charge on any atom is 0.0827 e. The van der Waals surface area contributed by atoms with Gasteiger partial charge in [-0.2, -0.15) is 0 Å². The van der Waals surface area contributed by atoms with Crippen molar-refractivity contribution < 1.29 is 0 Å². The number of nitrogens with two attached hydrogens (primary N) is 1. The zero-order valence-electron chi connectivity index (χ0n) is 7.70. The molecule has 12 heavy (non-hydrogen) atoms. The molecule has 1 rings (SSSR count). The second-order valence-electron chi connectivity index (χ2n) is 3.26. The van der Waals surface area contributed by atoms with Crippen molar-refractivity contribution in [1.82, 2.24) is 15.0 Å². The van der Waals surface area contributed by atoms with Crippen LogP contribution < -0.4 is 5.73 Å². The third-order valence-electron chi connectivity index (χ3n) is 1.95. The highest BCUT2D eigenvalue weighted by molar-refractivity contribution is 4.91. The van der Waals surface area contributed by atoms with E-state index in [1.807, 2.05) is 13.2 Å². The number of rotatable bonds is 4. The molecule has 0 aliphatic heterocycles. The summed E-state index contributed by atoms with van der Waals surface area (Å²) < 4.78 is 1.72. The Morgan fingerprint density at radius 1 is 1.67 bits per heavy atom. The van der Waals surface area contributed by atoms with E-state index in [1.54, 1.807) is 4.68 Å². The van der Waals surface area contributed by atoms with Crippen LogP contribution in [-0.2, 0) is 13.5 Å². The van der Waals surface area contributed by atoms with Crippen LogP contribution in [0.5, 0.6) is 0 Å². The SMILES string of the molecule is CC(CN)CCc1cn(C)nn1. The van der Waals surface area contributed by atoms with E-state index in [0.717, 1.165) is 25.1 Å². The molecule has 68 valence electrons. The van der Waals surface area contributed by atoms with Gasteiger partial charge >= 0.3 is 0 Å². The van der Waals surface area contributed by atoms with Gasteiger partial charge in [0.2, 0.25) is 0 Å². The molecule has 0 bridgehead atoms. The van der Waals surface area contributed by atoms with Gasteiger partial charge in [0.25, 0.3) is 0 Å². The number of nitrogens with zero attached hydrogens (tertiary/aromatic N) is 3. The summed E-state index contributed by atoms with van der Waals surface area (Å²) >= 11 is 0. The molecule has 0 radical (unpaired) electrons. The van der Waals surface area contributed by atoms with Crippen molar-refractivity contribution in [3.63, 3.8) is 0 Å². The minimum absolute atomic E-state index is 0.576. The highest BCUT2D eigenvalue weighted by atomic mass is 15.4. The molecule has 4 heteroatoms. The molecule has 1 unspecified atom stereocenters. The fraction of sp³-hybridized carbons (Fsp3) is 0.750. The van der Waals surface area contributed by atoms with E-state index in [2.05, 4.69) is 17.2 Å². The van der Waals surface area contributed by atoms with Crippen molar-refractivity contribution in [3.8, 4) is 0 Å². The quantitative estimate of drug-likeness (QED) is 0.705. The lowest BCUT2D eigenvalue weighted by Gasteiger charge is -2.04. The van der Waals surface area contributed by atoms with E-state index in [0.29, 0.717) is 5.92 Å². The molecule has 1 aromatic heterocycles. The predicted molar refractivity (Wildman–Crippen MR) is 47.5 cm³/mol. The summed E-state index contributed by atoms with van der Waals surface area (Å²) in [5.74, 6) is 0.576. The summed E-state index contributed by atoms with van der Waals surface area (Å²) in [5.41, 5.74) is 6.55. The van der Waals surface area contributed by atoms with Gasteiger partial charge in [-0.1, -0.05) is 12.1 Å². The fourth-order valence-electron chi connectivity index (χ4n) is 1.02. The molecule has 0 amide bonds. The molecule has 0 spiro atoms. The third-order valence-corrected chi connectivity index (χ3v) is 1.95. The Kier molecular flexibility index (Phi) is 3.22. The lowest BCUT2D eigenvalue weighted by Crippen LogP contribution is -2.11. The van der Waals surface area contributed by atoms with Crippen LogP contribution in [0.25, 0.3) is 0 Å². The minimum Gasteiger partial charge on any atom is -0.330 e. The van der Waals surface area contributed by atoms with Crippen LogP contribution in [-0.4, -0.2) is 21.5 Å². The van der Waals surface area contributed by atoms with E-state index in [9.17, 15) is 0 Å². The maximum absolute atomic E-state index is 5.50. The summed E-state index contributed by atoms with van der Waals surface area (Å²) in [5, 5.41) is 7.85. The molecule has 0 saturated carbocycles. The van der Waals surface area contributed by atoms with Crippen LogP contribution >= 0.6 is 0 Å². The van der Waals surface area contributed by atoms with E-state index >= 15 is 0 Å². The molecule has 1 aromatic rings. The first-order valence-electron chi connectivity index (χ1n) is 4.27. The zero-order chi connectivity index (χ0) is 8.97. The van der Waals surface area contributed by atoms with Gasteiger partial charge in [0, 0.05) is 13.2 Å². The molecule has 0 fully saturated rings. The molecule has 0 aromatic carbocycles. The van der Waals surface area contributed by atoms with Gasteiger partial charge in [-0.3, -0.25) is 4.68 Å². The zero-order valence-corrected chi connectivity index (χ0v) is 7.70. The van der Waals surface area contributed by atoms with Crippen molar-refractivity contribution in [2.24, 2.45) is 18.7 Å². The van der Waals surface area contributed by atoms with Gasteiger partial charge in [-0.05, 0) is 25.3 Å². The average Bonchev–Trinajstić information content (AvgIpc) is 2.47. The van der Waals surface area contributed by atoms with Crippen LogP contribution in [0.3, 0.4) is 0 Å². The second kappa shape index (κ2) is 4.21. The molecule has 1 atom stereocenters. The molecule has 1 heterocycles.